The Labute approximate surface area is 242 Å². The van der Waals surface area contributed by atoms with Crippen LogP contribution in [0.25, 0.3) is 5.69 Å². The van der Waals surface area contributed by atoms with Gasteiger partial charge in [0.2, 0.25) is 0 Å². The summed E-state index contributed by atoms with van der Waals surface area (Å²) in [7, 11) is 0. The fourth-order valence-corrected chi connectivity index (χ4v) is 6.05. The highest BCUT2D eigenvalue weighted by molar-refractivity contribution is 8.93. The first-order valence-corrected chi connectivity index (χ1v) is 13.8. The Morgan fingerprint density at radius 2 is 1.49 bits per heavy atom. The predicted molar refractivity (Wildman–Crippen MR) is 159 cm³/mol. The highest BCUT2D eigenvalue weighted by atomic mass is 79.9. The predicted octanol–water partition coefficient (Wildman–Crippen LogP) is 8.92. The number of hydrogen-bond acceptors (Lipinski definition) is 4. The summed E-state index contributed by atoms with van der Waals surface area (Å²) in [6.07, 6.45) is 3.24. The molecule has 1 aromatic heterocycles. The van der Waals surface area contributed by atoms with Crippen LogP contribution in [0.2, 0.25) is 10.0 Å². The molecule has 0 radical (unpaired) electrons. The van der Waals surface area contributed by atoms with Crippen LogP contribution < -0.4 is 14.3 Å². The van der Waals surface area contributed by atoms with E-state index in [2.05, 4.69) is 28.1 Å². The average Bonchev–Trinajstić information content (AvgIpc) is 3.26. The molecule has 0 saturated heterocycles. The van der Waals surface area contributed by atoms with E-state index in [0.717, 1.165) is 46.9 Å². The lowest BCUT2D eigenvalue weighted by Gasteiger charge is -2.43. The molecule has 0 amide bonds. The normalized spacial score (nSPS) is 14.5. The number of aromatic nitrogens is 1. The molecule has 8 heteroatoms. The lowest BCUT2D eigenvalue weighted by atomic mass is 9.62. The minimum Gasteiger partial charge on any atom is -0.494 e. The van der Waals surface area contributed by atoms with E-state index >= 15 is 0 Å². The summed E-state index contributed by atoms with van der Waals surface area (Å²) in [5.41, 5.74) is 4.18. The number of halogens is 3. The van der Waals surface area contributed by atoms with Crippen molar-refractivity contribution in [3.63, 3.8) is 0 Å². The first-order valence-electron chi connectivity index (χ1n) is 12.2. The summed E-state index contributed by atoms with van der Waals surface area (Å²) < 4.78 is 13.6. The van der Waals surface area contributed by atoms with Gasteiger partial charge in [-0.15, -0.1) is 28.3 Å². The lowest BCUT2D eigenvalue weighted by molar-refractivity contribution is 0.289. The van der Waals surface area contributed by atoms with E-state index in [0.29, 0.717) is 23.3 Å². The third kappa shape index (κ3) is 5.63. The first-order chi connectivity index (χ1) is 17.5. The molecular weight excluding hydrogens is 591 g/mol. The Balaban J connectivity index is 0.00000320. The van der Waals surface area contributed by atoms with Gasteiger partial charge in [-0.25, -0.2) is 4.99 Å². The zero-order valence-corrected chi connectivity index (χ0v) is 24.8. The van der Waals surface area contributed by atoms with Gasteiger partial charge in [0, 0.05) is 22.2 Å². The molecule has 4 aromatic rings. The summed E-state index contributed by atoms with van der Waals surface area (Å²) in [5, 5.41) is 3.40. The van der Waals surface area contributed by atoms with E-state index in [1.807, 2.05) is 62.4 Å². The van der Waals surface area contributed by atoms with Gasteiger partial charge in [0.1, 0.15) is 11.5 Å². The maximum atomic E-state index is 6.46. The molecule has 0 bridgehead atoms. The molecule has 0 N–H and O–H groups in total. The molecule has 1 aliphatic rings. The maximum absolute atomic E-state index is 6.46. The van der Waals surface area contributed by atoms with Crippen LogP contribution >= 0.6 is 51.5 Å². The molecule has 3 aromatic carbocycles. The molecule has 5 rings (SSSR count). The second-order valence-corrected chi connectivity index (χ2v) is 10.4. The lowest BCUT2D eigenvalue weighted by Crippen LogP contribution is -2.38. The quantitative estimate of drug-likeness (QED) is 0.197. The van der Waals surface area contributed by atoms with Crippen molar-refractivity contribution in [2.75, 3.05) is 13.2 Å². The van der Waals surface area contributed by atoms with Crippen LogP contribution in [-0.4, -0.2) is 17.8 Å². The zero-order chi connectivity index (χ0) is 25.1. The number of nitrogens with zero attached hydrogens (tertiary/aromatic N) is 2. The van der Waals surface area contributed by atoms with Crippen molar-refractivity contribution in [3.8, 4) is 17.2 Å². The summed E-state index contributed by atoms with van der Waals surface area (Å²) in [5.74, 6) is 1.70. The summed E-state index contributed by atoms with van der Waals surface area (Å²) in [6, 6.07) is 22.2. The Kier molecular flexibility index (Phi) is 9.07. The van der Waals surface area contributed by atoms with Crippen molar-refractivity contribution >= 4 is 57.2 Å². The van der Waals surface area contributed by atoms with Crippen LogP contribution in [0.1, 0.15) is 44.4 Å². The van der Waals surface area contributed by atoms with Crippen LogP contribution in [0.5, 0.6) is 11.5 Å². The topological polar surface area (TPSA) is 35.8 Å². The number of benzene rings is 3. The van der Waals surface area contributed by atoms with Gasteiger partial charge in [0.15, 0.2) is 4.80 Å². The van der Waals surface area contributed by atoms with E-state index in [9.17, 15) is 0 Å². The van der Waals surface area contributed by atoms with E-state index in [-0.39, 0.29) is 22.4 Å². The van der Waals surface area contributed by atoms with E-state index in [1.165, 1.54) is 11.3 Å². The van der Waals surface area contributed by atoms with Gasteiger partial charge in [-0.1, -0.05) is 35.7 Å². The molecule has 0 spiro atoms. The van der Waals surface area contributed by atoms with Crippen LogP contribution in [-0.2, 0) is 5.41 Å². The van der Waals surface area contributed by atoms with Crippen molar-refractivity contribution < 1.29 is 9.47 Å². The molecule has 0 unspecified atom stereocenters. The molecule has 0 atom stereocenters. The number of ether oxygens (including phenoxy) is 2. The molecule has 1 fully saturated rings. The largest absolute Gasteiger partial charge is 0.494 e. The highest BCUT2D eigenvalue weighted by Gasteiger charge is 2.43. The maximum Gasteiger partial charge on any atom is 0.194 e. The monoisotopic (exact) mass is 618 g/mol. The van der Waals surface area contributed by atoms with E-state index < -0.39 is 0 Å². The molecule has 1 saturated carbocycles. The van der Waals surface area contributed by atoms with Gasteiger partial charge in [0.05, 0.1) is 28.9 Å². The molecule has 194 valence electrons. The Morgan fingerprint density at radius 1 is 0.865 bits per heavy atom. The Hall–Kier alpha value is -2.25. The van der Waals surface area contributed by atoms with Crippen molar-refractivity contribution in [1.82, 2.24) is 4.57 Å². The Bertz CT molecular complexity index is 1410. The Morgan fingerprint density at radius 3 is 2.03 bits per heavy atom. The van der Waals surface area contributed by atoms with Gasteiger partial charge in [-0.3, -0.25) is 4.57 Å². The minimum atomic E-state index is -0.143. The molecule has 37 heavy (non-hydrogen) atoms. The van der Waals surface area contributed by atoms with Gasteiger partial charge in [-0.05, 0) is 92.9 Å². The van der Waals surface area contributed by atoms with Crippen molar-refractivity contribution in [2.45, 2.75) is 38.5 Å². The summed E-state index contributed by atoms with van der Waals surface area (Å²) >= 11 is 14.4. The smallest absolute Gasteiger partial charge is 0.194 e. The SMILES string of the molecule is Br.CCOc1ccc(N=c2scc(C3(c4ccc(Cl)c(Cl)c4)CCC3)n2-c2ccc(OCC)cc2)cc1. The molecule has 4 nitrogen and oxygen atoms in total. The summed E-state index contributed by atoms with van der Waals surface area (Å²) in [4.78, 5) is 5.95. The highest BCUT2D eigenvalue weighted by Crippen LogP contribution is 2.50. The molecule has 0 aliphatic heterocycles. The molecular formula is C29H29BrCl2N2O2S. The minimum absolute atomic E-state index is 0. The number of hydrogen-bond donors (Lipinski definition) is 0. The fourth-order valence-electron chi connectivity index (χ4n) is 4.74. The third-order valence-electron chi connectivity index (χ3n) is 6.66. The van der Waals surface area contributed by atoms with Gasteiger partial charge < -0.3 is 9.47 Å². The van der Waals surface area contributed by atoms with Gasteiger partial charge >= 0.3 is 0 Å². The molecule has 1 heterocycles. The van der Waals surface area contributed by atoms with Crippen molar-refractivity contribution in [3.05, 3.63) is 98.2 Å². The number of rotatable bonds is 8. The van der Waals surface area contributed by atoms with Gasteiger partial charge in [-0.2, -0.15) is 0 Å². The van der Waals surface area contributed by atoms with E-state index in [4.69, 9.17) is 37.7 Å². The fraction of sp³-hybridized carbons (Fsp3) is 0.276. The zero-order valence-electron chi connectivity index (χ0n) is 20.7. The third-order valence-corrected chi connectivity index (χ3v) is 8.22. The molecule has 1 aliphatic carbocycles. The van der Waals surface area contributed by atoms with Crippen molar-refractivity contribution in [2.24, 2.45) is 4.99 Å². The second-order valence-electron chi connectivity index (χ2n) is 8.77. The average molecular weight is 620 g/mol. The summed E-state index contributed by atoms with van der Waals surface area (Å²) in [6.45, 7) is 5.24. The van der Waals surface area contributed by atoms with Crippen LogP contribution in [0, 0.1) is 0 Å². The van der Waals surface area contributed by atoms with Crippen molar-refractivity contribution in [1.29, 1.82) is 0 Å². The van der Waals surface area contributed by atoms with Gasteiger partial charge in [0.25, 0.3) is 0 Å². The standard InChI is InChI=1S/C29H28Cl2N2O2S.BrH/c1-3-34-23-11-7-21(8-12-23)32-28-33(22-9-13-24(14-10-22)35-4-2)27(19-36-28)29(16-5-17-29)20-6-15-25(30)26(31)18-20;/h6-15,18-19H,3-5,16-17H2,1-2H3;1H. The second kappa shape index (κ2) is 12.1. The van der Waals surface area contributed by atoms with Crippen LogP contribution in [0.15, 0.2) is 77.1 Å². The van der Waals surface area contributed by atoms with Crippen LogP contribution in [0.3, 0.4) is 0 Å². The van der Waals surface area contributed by atoms with E-state index in [1.54, 1.807) is 11.3 Å². The number of thiazole rings is 1. The van der Waals surface area contributed by atoms with Crippen LogP contribution in [0.4, 0.5) is 5.69 Å². The first kappa shape index (κ1) is 27.8.